The number of hydrogen-bond acceptors (Lipinski definition) is 2. The smallest absolute Gasteiger partial charge is 0.417 e. The average molecular weight is 402 g/mol. The summed E-state index contributed by atoms with van der Waals surface area (Å²) in [4.78, 5) is 4.43. The maximum atomic E-state index is 13.3. The van der Waals surface area contributed by atoms with Crippen LogP contribution in [0.1, 0.15) is 29.7 Å². The topological polar surface area (TPSA) is 25.5 Å². The molecular formula is C22H15ClF3NO. The second-order valence-corrected chi connectivity index (χ2v) is 6.76. The van der Waals surface area contributed by atoms with E-state index in [2.05, 4.69) is 4.99 Å². The lowest BCUT2D eigenvalue weighted by Crippen LogP contribution is -2.07. The third-order valence-corrected chi connectivity index (χ3v) is 4.92. The number of nitrogens with zero attached hydrogens (tertiary/aromatic N) is 1. The van der Waals surface area contributed by atoms with Crippen LogP contribution in [0.15, 0.2) is 81.3 Å². The Morgan fingerprint density at radius 2 is 1.50 bits per heavy atom. The Bertz CT molecular complexity index is 1060. The number of alkyl halides is 3. The van der Waals surface area contributed by atoms with E-state index in [1.807, 2.05) is 30.3 Å². The first-order chi connectivity index (χ1) is 13.4. The molecule has 0 saturated heterocycles. The Kier molecular flexibility index (Phi) is 4.85. The van der Waals surface area contributed by atoms with E-state index in [9.17, 15) is 13.2 Å². The van der Waals surface area contributed by atoms with E-state index in [0.717, 1.165) is 17.2 Å². The molecule has 0 N–H and O–H groups in total. The monoisotopic (exact) mass is 401 g/mol. The number of rotatable bonds is 3. The molecule has 1 aliphatic heterocycles. The number of hydrogen-bond donors (Lipinski definition) is 0. The largest absolute Gasteiger partial charge is 0.455 e. The Morgan fingerprint density at radius 1 is 0.821 bits per heavy atom. The number of furan rings is 1. The van der Waals surface area contributed by atoms with Crippen LogP contribution in [-0.4, -0.2) is 5.71 Å². The second-order valence-electron chi connectivity index (χ2n) is 6.40. The molecule has 0 atom stereocenters. The molecule has 0 spiro atoms. The highest BCUT2D eigenvalue weighted by Gasteiger charge is 2.34. The van der Waals surface area contributed by atoms with Gasteiger partial charge in [0.2, 0.25) is 0 Å². The number of halogens is 4. The minimum Gasteiger partial charge on any atom is -0.455 e. The van der Waals surface area contributed by atoms with Crippen LogP contribution in [0.5, 0.6) is 0 Å². The molecule has 1 aliphatic rings. The Hall–Kier alpha value is -2.79. The number of aliphatic imine (C=N–C) groups is 1. The van der Waals surface area contributed by atoms with Crippen molar-refractivity contribution in [2.45, 2.75) is 19.0 Å². The molecule has 2 heterocycles. The summed E-state index contributed by atoms with van der Waals surface area (Å²) in [5.74, 6) is 0.580. The van der Waals surface area contributed by atoms with Crippen molar-refractivity contribution in [3.05, 3.63) is 88.8 Å². The minimum atomic E-state index is -4.46. The van der Waals surface area contributed by atoms with E-state index in [4.69, 9.17) is 16.0 Å². The minimum absolute atomic E-state index is 0.00396. The summed E-state index contributed by atoms with van der Waals surface area (Å²) < 4.78 is 45.5. The zero-order valence-corrected chi connectivity index (χ0v) is 15.4. The third kappa shape index (κ3) is 3.62. The standard InChI is InChI=1S/C22H15ClF3NO/c23-21-15(14-6-2-1-3-7-14)10-11-18(27-21)20-13-12-19(28-20)16-8-4-5-9-17(16)22(24,25)26/h1-9,12-13H,10-11H2. The van der Waals surface area contributed by atoms with Gasteiger partial charge in [-0.1, -0.05) is 60.1 Å². The van der Waals surface area contributed by atoms with Crippen LogP contribution in [0.2, 0.25) is 0 Å². The van der Waals surface area contributed by atoms with E-state index in [1.54, 1.807) is 12.1 Å². The third-order valence-electron chi connectivity index (χ3n) is 4.60. The predicted octanol–water partition coefficient (Wildman–Crippen LogP) is 7.16. The molecule has 4 rings (SSSR count). The molecule has 0 saturated carbocycles. The van der Waals surface area contributed by atoms with Gasteiger partial charge < -0.3 is 4.42 Å². The normalized spacial score (nSPS) is 14.9. The van der Waals surface area contributed by atoms with Gasteiger partial charge >= 0.3 is 6.18 Å². The van der Waals surface area contributed by atoms with E-state index < -0.39 is 11.7 Å². The van der Waals surface area contributed by atoms with Crippen molar-refractivity contribution in [2.75, 3.05) is 0 Å². The zero-order valence-electron chi connectivity index (χ0n) is 14.6. The van der Waals surface area contributed by atoms with Gasteiger partial charge in [0.25, 0.3) is 0 Å². The molecule has 0 aliphatic carbocycles. The molecule has 28 heavy (non-hydrogen) atoms. The molecule has 6 heteroatoms. The lowest BCUT2D eigenvalue weighted by Gasteiger charge is -2.15. The van der Waals surface area contributed by atoms with Gasteiger partial charge in [-0.05, 0) is 42.2 Å². The first-order valence-corrected chi connectivity index (χ1v) is 9.10. The van der Waals surface area contributed by atoms with Crippen LogP contribution >= 0.6 is 11.6 Å². The summed E-state index contributed by atoms with van der Waals surface area (Å²) in [6.45, 7) is 0. The first kappa shape index (κ1) is 18.6. The van der Waals surface area contributed by atoms with Crippen LogP contribution in [0.4, 0.5) is 13.2 Å². The van der Waals surface area contributed by atoms with Gasteiger partial charge in [-0.3, -0.25) is 0 Å². The average Bonchev–Trinajstić information content (AvgIpc) is 3.18. The lowest BCUT2D eigenvalue weighted by molar-refractivity contribution is -0.137. The van der Waals surface area contributed by atoms with Gasteiger partial charge in [-0.2, -0.15) is 13.2 Å². The van der Waals surface area contributed by atoms with Crippen molar-refractivity contribution in [1.29, 1.82) is 0 Å². The zero-order chi connectivity index (χ0) is 19.7. The van der Waals surface area contributed by atoms with E-state index >= 15 is 0 Å². The lowest BCUT2D eigenvalue weighted by atomic mass is 9.98. The van der Waals surface area contributed by atoms with Gasteiger partial charge in [-0.15, -0.1) is 0 Å². The van der Waals surface area contributed by atoms with Gasteiger partial charge in [0.15, 0.2) is 0 Å². The van der Waals surface area contributed by atoms with Crippen molar-refractivity contribution < 1.29 is 17.6 Å². The molecule has 142 valence electrons. The molecule has 0 amide bonds. The molecule has 3 aromatic rings. The van der Waals surface area contributed by atoms with Crippen molar-refractivity contribution >= 4 is 22.9 Å². The molecule has 0 bridgehead atoms. The van der Waals surface area contributed by atoms with Crippen molar-refractivity contribution in [2.24, 2.45) is 4.99 Å². The summed E-state index contributed by atoms with van der Waals surface area (Å²) in [6.07, 6.45) is -3.19. The predicted molar refractivity (Wildman–Crippen MR) is 104 cm³/mol. The van der Waals surface area contributed by atoms with Crippen LogP contribution < -0.4 is 0 Å². The molecule has 0 unspecified atom stereocenters. The quantitative estimate of drug-likeness (QED) is 0.427. The Labute approximate surface area is 165 Å². The summed E-state index contributed by atoms with van der Waals surface area (Å²) in [7, 11) is 0. The van der Waals surface area contributed by atoms with Crippen LogP contribution in [0.3, 0.4) is 0 Å². The van der Waals surface area contributed by atoms with E-state index in [0.29, 0.717) is 29.5 Å². The molecular weight excluding hydrogens is 387 g/mol. The summed E-state index contributed by atoms with van der Waals surface area (Å²) in [5.41, 5.74) is 1.85. The Balaban J connectivity index is 1.68. The fraction of sp³-hybridized carbons (Fsp3) is 0.136. The maximum Gasteiger partial charge on any atom is 0.417 e. The van der Waals surface area contributed by atoms with Crippen LogP contribution in [-0.2, 0) is 6.18 Å². The van der Waals surface area contributed by atoms with Gasteiger partial charge in [0, 0.05) is 5.56 Å². The molecule has 2 nitrogen and oxygen atoms in total. The Morgan fingerprint density at radius 3 is 2.21 bits per heavy atom. The van der Waals surface area contributed by atoms with Crippen molar-refractivity contribution in [3.8, 4) is 11.3 Å². The van der Waals surface area contributed by atoms with Gasteiger partial charge in [0.05, 0.1) is 11.3 Å². The van der Waals surface area contributed by atoms with Crippen LogP contribution in [0.25, 0.3) is 16.9 Å². The summed E-state index contributed by atoms with van der Waals surface area (Å²) in [6, 6.07) is 18.3. The van der Waals surface area contributed by atoms with E-state index in [-0.39, 0.29) is 11.3 Å². The number of benzene rings is 2. The molecule has 1 aromatic heterocycles. The highest BCUT2D eigenvalue weighted by atomic mass is 35.5. The van der Waals surface area contributed by atoms with Crippen molar-refractivity contribution in [3.63, 3.8) is 0 Å². The SMILES string of the molecule is FC(F)(F)c1ccccc1-c1ccc(C2=NC(Cl)=C(c3ccccc3)CC2)o1. The molecule has 0 radical (unpaired) electrons. The molecule has 0 fully saturated rings. The van der Waals surface area contributed by atoms with Crippen molar-refractivity contribution in [1.82, 2.24) is 0 Å². The number of allylic oxidation sites excluding steroid dienone is 1. The highest BCUT2D eigenvalue weighted by molar-refractivity contribution is 6.34. The summed E-state index contributed by atoms with van der Waals surface area (Å²) in [5, 5.41) is 0.376. The second kappa shape index (κ2) is 7.32. The maximum absolute atomic E-state index is 13.3. The fourth-order valence-corrected chi connectivity index (χ4v) is 3.56. The summed E-state index contributed by atoms with van der Waals surface area (Å²) >= 11 is 6.37. The van der Waals surface area contributed by atoms with Gasteiger partial charge in [-0.25, -0.2) is 4.99 Å². The fourth-order valence-electron chi connectivity index (χ4n) is 3.25. The first-order valence-electron chi connectivity index (χ1n) is 8.72. The van der Waals surface area contributed by atoms with Gasteiger partial charge in [0.1, 0.15) is 16.7 Å². The van der Waals surface area contributed by atoms with E-state index in [1.165, 1.54) is 18.2 Å². The van der Waals surface area contributed by atoms with Crippen LogP contribution in [0, 0.1) is 0 Å². The molecule has 2 aromatic carbocycles. The highest BCUT2D eigenvalue weighted by Crippen LogP contribution is 2.38.